The monoisotopic (exact) mass is 382 g/mol. The van der Waals surface area contributed by atoms with Crippen molar-refractivity contribution < 1.29 is 9.21 Å². The molecule has 1 N–H and O–H groups in total. The standard InChI is InChI=1S/C19H15BrN2O2/c1-13(21-22-19(23)17-11-12-18(20)24-17)14-7-9-16(10-8-14)15-5-3-2-4-6-15/h2-12H,1H3,(H,22,23). The molecule has 0 aliphatic rings. The van der Waals surface area contributed by atoms with E-state index in [1.165, 1.54) is 0 Å². The largest absolute Gasteiger partial charge is 0.444 e. The summed E-state index contributed by atoms with van der Waals surface area (Å²) in [6.45, 7) is 1.84. The zero-order chi connectivity index (χ0) is 16.9. The van der Waals surface area contributed by atoms with Crippen molar-refractivity contribution in [1.29, 1.82) is 0 Å². The van der Waals surface area contributed by atoms with Gasteiger partial charge in [0.15, 0.2) is 10.4 Å². The van der Waals surface area contributed by atoms with Gasteiger partial charge in [-0.05, 0) is 51.7 Å². The average Bonchev–Trinajstić information content (AvgIpc) is 3.07. The summed E-state index contributed by atoms with van der Waals surface area (Å²) < 4.78 is 5.69. The number of nitrogens with one attached hydrogen (secondary N) is 1. The van der Waals surface area contributed by atoms with Crippen LogP contribution in [0.5, 0.6) is 0 Å². The summed E-state index contributed by atoms with van der Waals surface area (Å²) in [4.78, 5) is 11.9. The molecule has 0 radical (unpaired) electrons. The van der Waals surface area contributed by atoms with Gasteiger partial charge in [0.25, 0.3) is 0 Å². The van der Waals surface area contributed by atoms with Crippen molar-refractivity contribution in [2.24, 2.45) is 5.10 Å². The number of nitrogens with zero attached hydrogens (tertiary/aromatic N) is 1. The molecule has 3 aromatic rings. The molecule has 3 rings (SSSR count). The molecule has 1 heterocycles. The number of hydrogen-bond acceptors (Lipinski definition) is 3. The van der Waals surface area contributed by atoms with Gasteiger partial charge in [0.1, 0.15) is 0 Å². The summed E-state index contributed by atoms with van der Waals surface area (Å²) in [5.41, 5.74) is 6.45. The number of carbonyl (C=O) groups is 1. The molecule has 120 valence electrons. The number of amides is 1. The molecule has 24 heavy (non-hydrogen) atoms. The zero-order valence-electron chi connectivity index (χ0n) is 13.0. The summed E-state index contributed by atoms with van der Waals surface area (Å²) in [5.74, 6) is -0.182. The third kappa shape index (κ3) is 3.81. The maximum Gasteiger partial charge on any atom is 0.307 e. The Morgan fingerprint density at radius 1 is 0.958 bits per heavy atom. The molecular formula is C19H15BrN2O2. The number of hydrazone groups is 1. The van der Waals surface area contributed by atoms with Crippen molar-refractivity contribution in [3.05, 3.63) is 82.7 Å². The first-order valence-electron chi connectivity index (χ1n) is 7.39. The van der Waals surface area contributed by atoms with Crippen molar-refractivity contribution in [1.82, 2.24) is 5.43 Å². The van der Waals surface area contributed by atoms with Crippen molar-refractivity contribution in [2.45, 2.75) is 6.92 Å². The van der Waals surface area contributed by atoms with Gasteiger partial charge < -0.3 is 4.42 Å². The second kappa shape index (κ2) is 7.27. The highest BCUT2D eigenvalue weighted by Crippen LogP contribution is 2.19. The van der Waals surface area contributed by atoms with Gasteiger partial charge in [-0.2, -0.15) is 5.10 Å². The molecule has 5 heteroatoms. The van der Waals surface area contributed by atoms with Crippen LogP contribution in [0, 0.1) is 0 Å². The van der Waals surface area contributed by atoms with Crippen LogP contribution in [0.25, 0.3) is 11.1 Å². The van der Waals surface area contributed by atoms with Gasteiger partial charge in [0, 0.05) is 0 Å². The molecule has 0 saturated carbocycles. The maximum atomic E-state index is 11.9. The predicted octanol–water partition coefficient (Wildman–Crippen LogP) is 4.86. The van der Waals surface area contributed by atoms with Crippen LogP contribution in [0.1, 0.15) is 23.0 Å². The third-order valence-corrected chi connectivity index (χ3v) is 3.96. The first-order valence-corrected chi connectivity index (χ1v) is 8.18. The van der Waals surface area contributed by atoms with Crippen LogP contribution < -0.4 is 5.43 Å². The minimum atomic E-state index is -0.388. The molecule has 0 saturated heterocycles. The summed E-state index contributed by atoms with van der Waals surface area (Å²) in [7, 11) is 0. The van der Waals surface area contributed by atoms with Gasteiger partial charge >= 0.3 is 5.91 Å². The predicted molar refractivity (Wildman–Crippen MR) is 98.0 cm³/mol. The number of hydrogen-bond donors (Lipinski definition) is 1. The molecule has 1 amide bonds. The highest BCUT2D eigenvalue weighted by molar-refractivity contribution is 9.10. The van der Waals surface area contributed by atoms with Gasteiger partial charge in [0.2, 0.25) is 0 Å². The Labute approximate surface area is 148 Å². The van der Waals surface area contributed by atoms with Crippen LogP contribution in [0.4, 0.5) is 0 Å². The van der Waals surface area contributed by atoms with E-state index in [0.717, 1.165) is 16.7 Å². The molecule has 0 unspecified atom stereocenters. The molecular weight excluding hydrogens is 368 g/mol. The van der Waals surface area contributed by atoms with E-state index >= 15 is 0 Å². The maximum absolute atomic E-state index is 11.9. The fourth-order valence-electron chi connectivity index (χ4n) is 2.23. The highest BCUT2D eigenvalue weighted by Gasteiger charge is 2.09. The summed E-state index contributed by atoms with van der Waals surface area (Å²) in [6, 6.07) is 21.4. The minimum absolute atomic E-state index is 0.206. The van der Waals surface area contributed by atoms with E-state index < -0.39 is 0 Å². The number of furan rings is 1. The average molecular weight is 383 g/mol. The van der Waals surface area contributed by atoms with E-state index in [9.17, 15) is 4.79 Å². The highest BCUT2D eigenvalue weighted by atomic mass is 79.9. The number of halogens is 1. The van der Waals surface area contributed by atoms with Gasteiger partial charge in [-0.3, -0.25) is 4.79 Å². The lowest BCUT2D eigenvalue weighted by Gasteiger charge is -2.05. The normalized spacial score (nSPS) is 11.3. The SMILES string of the molecule is CC(=NNC(=O)c1ccc(Br)o1)c1ccc(-c2ccccc2)cc1. The van der Waals surface area contributed by atoms with Gasteiger partial charge in [-0.25, -0.2) is 5.43 Å². The van der Waals surface area contributed by atoms with Crippen molar-refractivity contribution in [3.8, 4) is 11.1 Å². The smallest absolute Gasteiger partial charge is 0.307 e. The Morgan fingerprint density at radius 2 is 1.62 bits per heavy atom. The van der Waals surface area contributed by atoms with Gasteiger partial charge in [-0.1, -0.05) is 54.6 Å². The van der Waals surface area contributed by atoms with Gasteiger partial charge in [-0.15, -0.1) is 0 Å². The second-order valence-corrected chi connectivity index (χ2v) is 5.97. The Balaban J connectivity index is 1.70. The summed E-state index contributed by atoms with van der Waals surface area (Å²) in [6.07, 6.45) is 0. The van der Waals surface area contributed by atoms with Crippen LogP contribution in [0.3, 0.4) is 0 Å². The van der Waals surface area contributed by atoms with Crippen LogP contribution >= 0.6 is 15.9 Å². The van der Waals surface area contributed by atoms with E-state index in [1.54, 1.807) is 12.1 Å². The Morgan fingerprint density at radius 3 is 2.25 bits per heavy atom. The molecule has 0 atom stereocenters. The number of carbonyl (C=O) groups excluding carboxylic acids is 1. The lowest BCUT2D eigenvalue weighted by Crippen LogP contribution is -2.18. The lowest BCUT2D eigenvalue weighted by atomic mass is 10.0. The van der Waals surface area contributed by atoms with Gasteiger partial charge in [0.05, 0.1) is 5.71 Å². The lowest BCUT2D eigenvalue weighted by molar-refractivity contribution is 0.0926. The van der Waals surface area contributed by atoms with Crippen LogP contribution in [0.2, 0.25) is 0 Å². The van der Waals surface area contributed by atoms with E-state index in [2.05, 4.69) is 38.6 Å². The van der Waals surface area contributed by atoms with E-state index in [1.807, 2.05) is 49.4 Å². The van der Waals surface area contributed by atoms with E-state index in [-0.39, 0.29) is 11.7 Å². The fraction of sp³-hybridized carbons (Fsp3) is 0.0526. The first kappa shape index (κ1) is 16.2. The summed E-state index contributed by atoms with van der Waals surface area (Å²) >= 11 is 3.16. The number of rotatable bonds is 4. The summed E-state index contributed by atoms with van der Waals surface area (Å²) in [5, 5.41) is 4.12. The zero-order valence-corrected chi connectivity index (χ0v) is 14.6. The molecule has 2 aromatic carbocycles. The molecule has 0 fully saturated rings. The second-order valence-electron chi connectivity index (χ2n) is 5.19. The Bertz CT molecular complexity index is 868. The Kier molecular flexibility index (Phi) is 4.91. The molecule has 0 spiro atoms. The van der Waals surface area contributed by atoms with E-state index in [4.69, 9.17) is 4.42 Å². The van der Waals surface area contributed by atoms with Crippen LogP contribution in [-0.4, -0.2) is 11.6 Å². The van der Waals surface area contributed by atoms with E-state index in [0.29, 0.717) is 10.4 Å². The fourth-order valence-corrected chi connectivity index (χ4v) is 2.53. The van der Waals surface area contributed by atoms with Crippen molar-refractivity contribution in [3.63, 3.8) is 0 Å². The Hall–Kier alpha value is -2.66. The number of benzene rings is 2. The van der Waals surface area contributed by atoms with Crippen LogP contribution in [0.15, 0.2) is 80.9 Å². The van der Waals surface area contributed by atoms with Crippen molar-refractivity contribution >= 4 is 27.5 Å². The molecule has 0 aliphatic carbocycles. The minimum Gasteiger partial charge on any atom is -0.444 e. The molecule has 0 bridgehead atoms. The first-order chi connectivity index (χ1) is 11.6. The quantitative estimate of drug-likeness (QED) is 0.517. The van der Waals surface area contributed by atoms with Crippen LogP contribution in [-0.2, 0) is 0 Å². The molecule has 0 aliphatic heterocycles. The van der Waals surface area contributed by atoms with Crippen molar-refractivity contribution in [2.75, 3.05) is 0 Å². The third-order valence-electron chi connectivity index (χ3n) is 3.53. The topological polar surface area (TPSA) is 54.6 Å². The molecule has 4 nitrogen and oxygen atoms in total. The molecule has 1 aromatic heterocycles.